The molecule has 0 radical (unpaired) electrons. The molecule has 1 N–H and O–H groups in total. The second-order valence-corrected chi connectivity index (χ2v) is 2.37. The molecule has 1 amide bonds. The first kappa shape index (κ1) is 12.3. The van der Waals surface area contributed by atoms with Gasteiger partial charge in [0.2, 0.25) is 6.79 Å². The number of hydrogen-bond acceptors (Lipinski definition) is 4. The minimum atomic E-state index is -0.702. The molecule has 0 aliphatic carbocycles. The van der Waals surface area contributed by atoms with Crippen LogP contribution in [0.5, 0.6) is 0 Å². The zero-order chi connectivity index (χ0) is 10.8. The predicted octanol–water partition coefficient (Wildman–Crippen LogP) is 0.647. The van der Waals surface area contributed by atoms with E-state index in [0.717, 1.165) is 0 Å². The maximum atomic E-state index is 10.8. The number of terminal acetylenes is 1. The van der Waals surface area contributed by atoms with Gasteiger partial charge in [0.05, 0.1) is 6.54 Å². The van der Waals surface area contributed by atoms with Gasteiger partial charge in [0.25, 0.3) is 0 Å². The number of hydrogen-bond donors (Lipinski definition) is 1. The molecular formula is C9H13NO4. The van der Waals surface area contributed by atoms with Crippen LogP contribution in [-0.4, -0.2) is 25.4 Å². The number of esters is 1. The topological polar surface area (TPSA) is 64.6 Å². The lowest BCUT2D eigenvalue weighted by molar-refractivity contribution is -0.151. The molecule has 0 atom stereocenters. The lowest BCUT2D eigenvalue weighted by Gasteiger charge is -2.05. The first-order valence-electron chi connectivity index (χ1n) is 4.20. The van der Waals surface area contributed by atoms with Crippen LogP contribution < -0.4 is 5.32 Å². The summed E-state index contributed by atoms with van der Waals surface area (Å²) in [7, 11) is 0. The van der Waals surface area contributed by atoms with E-state index in [-0.39, 0.29) is 13.3 Å². The van der Waals surface area contributed by atoms with Crippen molar-refractivity contribution in [1.82, 2.24) is 5.32 Å². The van der Waals surface area contributed by atoms with Crippen LogP contribution in [0.2, 0.25) is 0 Å². The molecule has 0 fully saturated rings. The summed E-state index contributed by atoms with van der Waals surface area (Å²) >= 11 is 0. The standard InChI is InChI=1S/C9H13NO4/c1-3-5-8(11)13-7-14-9(12)10-6-4-2/h2H,3,5-7H2,1H3,(H,10,12). The fourth-order valence-corrected chi connectivity index (χ4v) is 0.599. The summed E-state index contributed by atoms with van der Waals surface area (Å²) in [5.41, 5.74) is 0. The molecule has 5 heteroatoms. The summed E-state index contributed by atoms with van der Waals surface area (Å²) in [5.74, 6) is 1.81. The molecule has 0 aromatic carbocycles. The molecule has 0 saturated carbocycles. The van der Waals surface area contributed by atoms with E-state index in [1.807, 2.05) is 6.92 Å². The van der Waals surface area contributed by atoms with Crippen molar-refractivity contribution in [2.24, 2.45) is 0 Å². The van der Waals surface area contributed by atoms with Crippen LogP contribution in [0.25, 0.3) is 0 Å². The molecular weight excluding hydrogens is 186 g/mol. The fraction of sp³-hybridized carbons (Fsp3) is 0.556. The smallest absolute Gasteiger partial charge is 0.410 e. The van der Waals surface area contributed by atoms with E-state index in [1.165, 1.54) is 0 Å². The summed E-state index contributed by atoms with van der Waals surface area (Å²) in [6, 6.07) is 0. The fourth-order valence-electron chi connectivity index (χ4n) is 0.599. The number of amides is 1. The van der Waals surface area contributed by atoms with Crippen LogP contribution in [0.3, 0.4) is 0 Å². The summed E-state index contributed by atoms with van der Waals surface area (Å²) in [6.45, 7) is 1.55. The van der Waals surface area contributed by atoms with Crippen LogP contribution in [0.15, 0.2) is 0 Å². The summed E-state index contributed by atoms with van der Waals surface area (Å²) < 4.78 is 9.03. The molecule has 0 spiro atoms. The average Bonchev–Trinajstić information content (AvgIpc) is 2.15. The van der Waals surface area contributed by atoms with Gasteiger partial charge in [0, 0.05) is 6.42 Å². The van der Waals surface area contributed by atoms with E-state index in [1.54, 1.807) is 0 Å². The molecule has 14 heavy (non-hydrogen) atoms. The highest BCUT2D eigenvalue weighted by Crippen LogP contribution is 1.91. The molecule has 0 heterocycles. The first-order chi connectivity index (χ1) is 6.70. The van der Waals surface area contributed by atoms with Gasteiger partial charge in [0.15, 0.2) is 0 Å². The van der Waals surface area contributed by atoms with Crippen molar-refractivity contribution >= 4 is 12.1 Å². The Kier molecular flexibility index (Phi) is 6.96. The summed E-state index contributed by atoms with van der Waals surface area (Å²) in [5, 5.41) is 2.25. The zero-order valence-electron chi connectivity index (χ0n) is 8.04. The SMILES string of the molecule is C#CCNC(=O)OCOC(=O)CCC. The number of nitrogens with one attached hydrogen (secondary N) is 1. The Labute approximate surface area is 82.8 Å². The minimum absolute atomic E-state index is 0.0851. The van der Waals surface area contributed by atoms with Gasteiger partial charge < -0.3 is 14.8 Å². The highest BCUT2D eigenvalue weighted by molar-refractivity contribution is 5.70. The number of rotatable bonds is 5. The Hall–Kier alpha value is -1.70. The second-order valence-electron chi connectivity index (χ2n) is 2.37. The third-order valence-electron chi connectivity index (χ3n) is 1.20. The van der Waals surface area contributed by atoms with E-state index in [4.69, 9.17) is 6.42 Å². The van der Waals surface area contributed by atoms with Crippen molar-refractivity contribution in [2.75, 3.05) is 13.3 Å². The van der Waals surface area contributed by atoms with Crippen molar-refractivity contribution in [2.45, 2.75) is 19.8 Å². The lowest BCUT2D eigenvalue weighted by Crippen LogP contribution is -2.25. The first-order valence-corrected chi connectivity index (χ1v) is 4.20. The lowest BCUT2D eigenvalue weighted by atomic mass is 10.3. The molecule has 0 aliphatic heterocycles. The van der Waals surface area contributed by atoms with Gasteiger partial charge in [-0.05, 0) is 6.42 Å². The number of alkyl carbamates (subject to hydrolysis) is 1. The van der Waals surface area contributed by atoms with Crippen LogP contribution in [0.1, 0.15) is 19.8 Å². The van der Waals surface area contributed by atoms with Crippen LogP contribution in [0.4, 0.5) is 4.79 Å². The Morgan fingerprint density at radius 3 is 2.71 bits per heavy atom. The molecule has 0 unspecified atom stereocenters. The molecule has 0 aliphatic rings. The number of carbonyl (C=O) groups is 2. The average molecular weight is 199 g/mol. The van der Waals surface area contributed by atoms with Gasteiger partial charge >= 0.3 is 12.1 Å². The van der Waals surface area contributed by atoms with E-state index < -0.39 is 12.1 Å². The molecule has 78 valence electrons. The van der Waals surface area contributed by atoms with Gasteiger partial charge in [-0.2, -0.15) is 0 Å². The Morgan fingerprint density at radius 2 is 2.14 bits per heavy atom. The zero-order valence-corrected chi connectivity index (χ0v) is 8.04. The third-order valence-corrected chi connectivity index (χ3v) is 1.20. The maximum absolute atomic E-state index is 10.8. The van der Waals surface area contributed by atoms with E-state index >= 15 is 0 Å². The molecule has 0 aromatic heterocycles. The van der Waals surface area contributed by atoms with Gasteiger partial charge in [-0.3, -0.25) is 4.79 Å². The highest BCUT2D eigenvalue weighted by Gasteiger charge is 2.03. The number of ether oxygens (including phenoxy) is 2. The molecule has 0 rings (SSSR count). The van der Waals surface area contributed by atoms with Crippen molar-refractivity contribution in [3.05, 3.63) is 0 Å². The predicted molar refractivity (Wildman–Crippen MR) is 49.2 cm³/mol. The maximum Gasteiger partial charge on any atom is 0.410 e. The summed E-state index contributed by atoms with van der Waals surface area (Å²) in [4.78, 5) is 21.5. The molecule has 0 aromatic rings. The normalized spacial score (nSPS) is 8.57. The minimum Gasteiger partial charge on any atom is -0.428 e. The Balaban J connectivity index is 3.40. The van der Waals surface area contributed by atoms with E-state index in [9.17, 15) is 9.59 Å². The third kappa shape index (κ3) is 6.98. The Morgan fingerprint density at radius 1 is 1.43 bits per heavy atom. The molecule has 0 saturated heterocycles. The van der Waals surface area contributed by atoms with Crippen molar-refractivity contribution in [3.8, 4) is 12.3 Å². The van der Waals surface area contributed by atoms with Crippen LogP contribution >= 0.6 is 0 Å². The number of carbonyl (C=O) groups excluding carboxylic acids is 2. The van der Waals surface area contributed by atoms with Crippen molar-refractivity contribution in [1.29, 1.82) is 0 Å². The van der Waals surface area contributed by atoms with Gasteiger partial charge in [-0.15, -0.1) is 6.42 Å². The van der Waals surface area contributed by atoms with Crippen molar-refractivity contribution in [3.63, 3.8) is 0 Å². The largest absolute Gasteiger partial charge is 0.428 e. The van der Waals surface area contributed by atoms with Crippen molar-refractivity contribution < 1.29 is 19.1 Å². The Bertz CT molecular complexity index is 231. The van der Waals surface area contributed by atoms with Gasteiger partial charge in [0.1, 0.15) is 0 Å². The molecule has 0 bridgehead atoms. The van der Waals surface area contributed by atoms with Gasteiger partial charge in [-0.25, -0.2) is 4.79 Å². The highest BCUT2D eigenvalue weighted by atomic mass is 16.7. The molecule has 5 nitrogen and oxygen atoms in total. The monoisotopic (exact) mass is 199 g/mol. The van der Waals surface area contributed by atoms with Crippen LogP contribution in [0, 0.1) is 12.3 Å². The summed E-state index contributed by atoms with van der Waals surface area (Å²) in [6.07, 6.45) is 5.20. The second kappa shape index (κ2) is 7.92. The quantitative estimate of drug-likeness (QED) is 0.401. The van der Waals surface area contributed by atoms with Crippen LogP contribution in [-0.2, 0) is 14.3 Å². The van der Waals surface area contributed by atoms with E-state index in [0.29, 0.717) is 12.8 Å². The van der Waals surface area contributed by atoms with Gasteiger partial charge in [-0.1, -0.05) is 12.8 Å². The van der Waals surface area contributed by atoms with E-state index in [2.05, 4.69) is 20.7 Å².